The van der Waals surface area contributed by atoms with E-state index in [0.717, 1.165) is 0 Å². The Morgan fingerprint density at radius 3 is 1.00 bits per heavy atom. The maximum absolute atomic E-state index is 3.19. The van der Waals surface area contributed by atoms with Crippen LogP contribution in [0, 0.1) is 0 Å². The monoisotopic (exact) mass is 311 g/mol. The van der Waals surface area contributed by atoms with E-state index in [1.54, 1.807) is 0 Å². The van der Waals surface area contributed by atoms with Crippen molar-refractivity contribution in [1.82, 2.24) is 0 Å². The van der Waals surface area contributed by atoms with Crippen LogP contribution >= 0.6 is 42.3 Å². The summed E-state index contributed by atoms with van der Waals surface area (Å²) in [6.45, 7) is 0. The number of hydrogen-bond acceptors (Lipinski definition) is 0. The number of rotatable bonds is 0. The van der Waals surface area contributed by atoms with Gasteiger partial charge in [0, 0.05) is 0 Å². The fourth-order valence-electron chi connectivity index (χ4n) is 0. The second-order valence-electron chi connectivity index (χ2n) is 0.152. The summed E-state index contributed by atoms with van der Waals surface area (Å²) in [4.78, 5) is 0. The van der Waals surface area contributed by atoms with E-state index in [2.05, 4.69) is 42.3 Å². The van der Waals surface area contributed by atoms with E-state index < -0.39 is 0 Å². The van der Waals surface area contributed by atoms with Gasteiger partial charge in [0.05, 0.1) is 0 Å². The Morgan fingerprint density at radius 2 is 1.00 bits per heavy atom. The van der Waals surface area contributed by atoms with Crippen LogP contribution in [0.15, 0.2) is 0 Å². The summed E-state index contributed by atoms with van der Waals surface area (Å²) >= 11 is 9.56. The zero-order chi connectivity index (χ0) is 3.58. The Labute approximate surface area is 55.8 Å². The van der Waals surface area contributed by atoms with Crippen LogP contribution in [-0.2, 0) is 8.48 Å². The first-order valence-corrected chi connectivity index (χ1v) is 8.59. The van der Waals surface area contributed by atoms with Gasteiger partial charge in [-0.15, -0.1) is 0 Å². The van der Waals surface area contributed by atoms with E-state index in [-0.39, 0.29) is 14.0 Å². The zero-order valence-corrected chi connectivity index (χ0v) is 7.85. The zero-order valence-electron chi connectivity index (χ0n) is 1.99. The minimum atomic E-state index is -0.312. The van der Waals surface area contributed by atoms with Crippen LogP contribution in [0.4, 0.5) is 0 Å². The quantitative estimate of drug-likeness (QED) is 0.610. The van der Waals surface area contributed by atoms with Crippen LogP contribution in [-0.4, -0.2) is 5.48 Å². The third-order valence-electron chi connectivity index (χ3n) is 0. The molecule has 0 rings (SSSR count). The standard InChI is InChI=1S/3BrH.Fe.H2O/h3*1H;;1H2/q;;;+3;/p-3. The molecule has 0 aromatic carbocycles. The second kappa shape index (κ2) is 5.92. The molecule has 0 atom stereocenters. The molecule has 37 valence electrons. The summed E-state index contributed by atoms with van der Waals surface area (Å²) in [7, 11) is -0.312. The Balaban J connectivity index is 0. The van der Waals surface area contributed by atoms with Crippen LogP contribution in [0.3, 0.4) is 0 Å². The molecule has 0 spiro atoms. The molecule has 0 aromatic rings. The SMILES string of the molecule is O.[Br][Fe]([Br])[Br]. The summed E-state index contributed by atoms with van der Waals surface area (Å²) in [6.07, 6.45) is 0. The van der Waals surface area contributed by atoms with Crippen LogP contribution in [0.1, 0.15) is 0 Å². The van der Waals surface area contributed by atoms with Crippen LogP contribution in [0.5, 0.6) is 0 Å². The molecular weight excluding hydrogens is 312 g/mol. The summed E-state index contributed by atoms with van der Waals surface area (Å²) in [5.74, 6) is 0. The molecule has 0 aliphatic heterocycles. The summed E-state index contributed by atoms with van der Waals surface area (Å²) in [5.41, 5.74) is 0. The van der Waals surface area contributed by atoms with Gasteiger partial charge in [0.25, 0.3) is 0 Å². The van der Waals surface area contributed by atoms with Gasteiger partial charge < -0.3 is 5.48 Å². The molecule has 1 nitrogen and oxygen atoms in total. The van der Waals surface area contributed by atoms with E-state index in [4.69, 9.17) is 0 Å². The maximum atomic E-state index is 3.19. The molecule has 0 radical (unpaired) electrons. The normalized spacial score (nSPS) is 9.00. The fourth-order valence-corrected chi connectivity index (χ4v) is 0. The van der Waals surface area contributed by atoms with Gasteiger partial charge in [-0.25, -0.2) is 0 Å². The first-order valence-electron chi connectivity index (χ1n) is 0.401. The van der Waals surface area contributed by atoms with E-state index in [1.165, 1.54) is 0 Å². The summed E-state index contributed by atoms with van der Waals surface area (Å²) in [6, 6.07) is 0. The molecule has 2 N–H and O–H groups in total. The van der Waals surface area contributed by atoms with E-state index in [0.29, 0.717) is 0 Å². The van der Waals surface area contributed by atoms with Crippen molar-refractivity contribution in [1.29, 1.82) is 0 Å². The van der Waals surface area contributed by atoms with E-state index >= 15 is 0 Å². The third kappa shape index (κ3) is 24.7. The topological polar surface area (TPSA) is 31.5 Å². The summed E-state index contributed by atoms with van der Waals surface area (Å²) < 4.78 is 0. The van der Waals surface area contributed by atoms with Gasteiger partial charge >= 0.3 is 50.8 Å². The van der Waals surface area contributed by atoms with Crippen LogP contribution < -0.4 is 0 Å². The molecule has 0 unspecified atom stereocenters. The molecule has 0 aliphatic rings. The van der Waals surface area contributed by atoms with Crippen molar-refractivity contribution in [2.45, 2.75) is 0 Å². The second-order valence-corrected chi connectivity index (χ2v) is 16.9. The Morgan fingerprint density at radius 1 is 1.00 bits per heavy atom. The van der Waals surface area contributed by atoms with Gasteiger partial charge in [0.2, 0.25) is 0 Å². The van der Waals surface area contributed by atoms with Crippen LogP contribution in [0.25, 0.3) is 0 Å². The fraction of sp³-hybridized carbons (Fsp3) is 0. The molecule has 0 aromatic heterocycles. The Hall–Kier alpha value is 1.92. The predicted molar refractivity (Wildman–Crippen MR) is 30.4 cm³/mol. The van der Waals surface area contributed by atoms with Gasteiger partial charge in [-0.1, -0.05) is 0 Å². The van der Waals surface area contributed by atoms with Gasteiger partial charge in [-0.3, -0.25) is 0 Å². The molecule has 0 aliphatic carbocycles. The Bertz CT molecular complexity index is 11.6. The number of halogens is 3. The number of hydrogen-bond donors (Lipinski definition) is 0. The average molecular weight is 314 g/mol. The third-order valence-corrected chi connectivity index (χ3v) is 0. The van der Waals surface area contributed by atoms with Gasteiger partial charge in [0.15, 0.2) is 0 Å². The average Bonchev–Trinajstić information content (AvgIpc) is 0.811. The van der Waals surface area contributed by atoms with Gasteiger partial charge in [-0.2, -0.15) is 0 Å². The molecule has 0 saturated carbocycles. The van der Waals surface area contributed by atoms with Gasteiger partial charge in [0.1, 0.15) is 0 Å². The van der Waals surface area contributed by atoms with Crippen molar-refractivity contribution < 1.29 is 14.0 Å². The first kappa shape index (κ1) is 10.0. The molecule has 0 amide bonds. The molecule has 5 heavy (non-hydrogen) atoms. The van der Waals surface area contributed by atoms with Crippen molar-refractivity contribution >= 4 is 42.3 Å². The molecule has 0 saturated heterocycles. The predicted octanol–water partition coefficient (Wildman–Crippen LogP) is 1.71. The Kier molecular flexibility index (Phi) is 11.9. The minimum absolute atomic E-state index is 0. The molecule has 0 heterocycles. The van der Waals surface area contributed by atoms with Gasteiger partial charge in [-0.05, 0) is 0 Å². The molecule has 0 fully saturated rings. The van der Waals surface area contributed by atoms with E-state index in [1.807, 2.05) is 0 Å². The van der Waals surface area contributed by atoms with Crippen molar-refractivity contribution in [2.75, 3.05) is 0 Å². The van der Waals surface area contributed by atoms with Crippen molar-refractivity contribution in [3.8, 4) is 0 Å². The first-order chi connectivity index (χ1) is 1.73. The van der Waals surface area contributed by atoms with Crippen molar-refractivity contribution in [3.63, 3.8) is 0 Å². The molecule has 5 heteroatoms. The summed E-state index contributed by atoms with van der Waals surface area (Å²) in [5, 5.41) is 0. The van der Waals surface area contributed by atoms with Crippen molar-refractivity contribution in [3.05, 3.63) is 0 Å². The van der Waals surface area contributed by atoms with Crippen molar-refractivity contribution in [2.24, 2.45) is 0 Å². The van der Waals surface area contributed by atoms with Crippen LogP contribution in [0.2, 0.25) is 0 Å². The molecular formula is H2Br3FeO. The molecule has 0 bridgehead atoms. The van der Waals surface area contributed by atoms with E-state index in [9.17, 15) is 0 Å².